The van der Waals surface area contributed by atoms with E-state index in [1.54, 1.807) is 0 Å². The van der Waals surface area contributed by atoms with Crippen LogP contribution in [0.5, 0.6) is 0 Å². The van der Waals surface area contributed by atoms with Crippen molar-refractivity contribution in [1.29, 1.82) is 0 Å². The Bertz CT molecular complexity index is 341. The van der Waals surface area contributed by atoms with Crippen molar-refractivity contribution < 1.29 is 5.11 Å². The summed E-state index contributed by atoms with van der Waals surface area (Å²) in [5.74, 6) is 0. The van der Waals surface area contributed by atoms with E-state index in [-0.39, 0.29) is 5.41 Å². The molecular weight excluding hydrogens is 266 g/mol. The largest absolute Gasteiger partial charge is 0.385 e. The Balaban J connectivity index is 3.14. The quantitative estimate of drug-likeness (QED) is 0.893. The van der Waals surface area contributed by atoms with Crippen LogP contribution in [0.4, 0.5) is 0 Å². The summed E-state index contributed by atoms with van der Waals surface area (Å²) in [6.45, 7) is 6.38. The van der Waals surface area contributed by atoms with Crippen LogP contribution in [0, 0.1) is 5.41 Å². The van der Waals surface area contributed by atoms with Gasteiger partial charge in [0, 0.05) is 16.4 Å². The number of hydrogen-bond donors (Lipinski definition) is 2. The van der Waals surface area contributed by atoms with Crippen molar-refractivity contribution in [2.75, 3.05) is 6.54 Å². The predicted octanol–water partition coefficient (Wildman–Crippen LogP) is 3.03. The van der Waals surface area contributed by atoms with Crippen LogP contribution in [0.15, 0.2) is 28.7 Å². The molecule has 3 heteroatoms. The molecule has 0 bridgehead atoms. The molecule has 90 valence electrons. The normalized spacial score (nSPS) is 18.9. The molecule has 0 amide bonds. The van der Waals surface area contributed by atoms with E-state index in [0.717, 1.165) is 16.5 Å². The van der Waals surface area contributed by atoms with E-state index in [1.165, 1.54) is 0 Å². The third kappa shape index (κ3) is 2.31. The molecule has 16 heavy (non-hydrogen) atoms. The molecule has 2 atom stereocenters. The number of aliphatic hydroxyl groups is 1. The topological polar surface area (TPSA) is 46.2 Å². The van der Waals surface area contributed by atoms with Crippen LogP contribution >= 0.6 is 15.9 Å². The van der Waals surface area contributed by atoms with Crippen molar-refractivity contribution in [1.82, 2.24) is 0 Å². The second kappa shape index (κ2) is 4.86. The Labute approximate surface area is 106 Å². The Hall–Kier alpha value is -0.380. The minimum atomic E-state index is -0.906. The highest BCUT2D eigenvalue weighted by atomic mass is 79.9. The van der Waals surface area contributed by atoms with Crippen molar-refractivity contribution >= 4 is 15.9 Å². The molecule has 0 spiro atoms. The van der Waals surface area contributed by atoms with Crippen LogP contribution in [0.25, 0.3) is 0 Å². The van der Waals surface area contributed by atoms with E-state index in [4.69, 9.17) is 5.73 Å². The van der Waals surface area contributed by atoms with Gasteiger partial charge in [-0.25, -0.2) is 0 Å². The van der Waals surface area contributed by atoms with Gasteiger partial charge in [0.15, 0.2) is 0 Å². The van der Waals surface area contributed by atoms with Gasteiger partial charge in [0.2, 0.25) is 0 Å². The van der Waals surface area contributed by atoms with Gasteiger partial charge in [-0.3, -0.25) is 0 Å². The van der Waals surface area contributed by atoms with Crippen LogP contribution in [-0.4, -0.2) is 11.7 Å². The van der Waals surface area contributed by atoms with Gasteiger partial charge in [0.1, 0.15) is 0 Å². The molecule has 2 unspecified atom stereocenters. The highest BCUT2D eigenvalue weighted by molar-refractivity contribution is 9.10. The molecule has 0 fully saturated rings. The van der Waals surface area contributed by atoms with Crippen LogP contribution in [-0.2, 0) is 5.60 Å². The molecule has 0 radical (unpaired) electrons. The van der Waals surface area contributed by atoms with Crippen LogP contribution in [0.1, 0.15) is 32.8 Å². The zero-order valence-electron chi connectivity index (χ0n) is 10.1. The summed E-state index contributed by atoms with van der Waals surface area (Å²) in [5, 5.41) is 10.7. The minimum absolute atomic E-state index is 0.305. The first-order valence-corrected chi connectivity index (χ1v) is 6.35. The maximum absolute atomic E-state index is 10.7. The fourth-order valence-corrected chi connectivity index (χ4v) is 2.07. The van der Waals surface area contributed by atoms with Crippen LogP contribution in [0.3, 0.4) is 0 Å². The van der Waals surface area contributed by atoms with Crippen molar-refractivity contribution in [3.05, 3.63) is 34.3 Å². The molecule has 0 saturated carbocycles. The smallest absolute Gasteiger partial charge is 0.0933 e. The van der Waals surface area contributed by atoms with Gasteiger partial charge in [-0.1, -0.05) is 41.9 Å². The van der Waals surface area contributed by atoms with Gasteiger partial charge in [-0.15, -0.1) is 0 Å². The molecule has 1 rings (SSSR count). The molecule has 0 aliphatic heterocycles. The zero-order valence-corrected chi connectivity index (χ0v) is 11.7. The molecule has 1 aromatic rings. The molecule has 0 aliphatic carbocycles. The monoisotopic (exact) mass is 285 g/mol. The average molecular weight is 286 g/mol. The summed E-state index contributed by atoms with van der Waals surface area (Å²) >= 11 is 3.39. The number of nitrogens with two attached hydrogens (primary N) is 1. The standard InChI is InChI=1S/C13H20BrNO/c1-4-12(2,9-15)13(3,16)10-5-7-11(14)8-6-10/h5-8,16H,4,9,15H2,1-3H3. The lowest BCUT2D eigenvalue weighted by Gasteiger charge is -2.42. The maximum atomic E-state index is 10.7. The van der Waals surface area contributed by atoms with E-state index < -0.39 is 5.60 Å². The number of halogens is 1. The first-order chi connectivity index (χ1) is 7.37. The van der Waals surface area contributed by atoms with Crippen molar-refractivity contribution in [2.45, 2.75) is 32.8 Å². The van der Waals surface area contributed by atoms with E-state index in [1.807, 2.05) is 38.1 Å². The van der Waals surface area contributed by atoms with Crippen LogP contribution in [0.2, 0.25) is 0 Å². The Kier molecular flexibility index (Phi) is 4.16. The average Bonchev–Trinajstić information content (AvgIpc) is 2.28. The van der Waals surface area contributed by atoms with Crippen LogP contribution < -0.4 is 5.73 Å². The maximum Gasteiger partial charge on any atom is 0.0933 e. The lowest BCUT2D eigenvalue weighted by Crippen LogP contribution is -2.46. The summed E-state index contributed by atoms with van der Waals surface area (Å²) < 4.78 is 1.01. The third-order valence-electron chi connectivity index (χ3n) is 3.81. The second-order valence-corrected chi connectivity index (χ2v) is 5.61. The first-order valence-electron chi connectivity index (χ1n) is 5.56. The Morgan fingerprint density at radius 1 is 1.25 bits per heavy atom. The third-order valence-corrected chi connectivity index (χ3v) is 4.34. The van der Waals surface area contributed by atoms with E-state index >= 15 is 0 Å². The van der Waals surface area contributed by atoms with E-state index in [0.29, 0.717) is 6.54 Å². The van der Waals surface area contributed by atoms with Gasteiger partial charge in [0.05, 0.1) is 5.60 Å². The molecular formula is C13H20BrNO. The first kappa shape index (κ1) is 13.7. The highest BCUT2D eigenvalue weighted by Gasteiger charge is 2.41. The van der Waals surface area contributed by atoms with E-state index in [9.17, 15) is 5.11 Å². The molecule has 0 heterocycles. The molecule has 0 aromatic heterocycles. The highest BCUT2D eigenvalue weighted by Crippen LogP contribution is 2.41. The number of benzene rings is 1. The molecule has 3 N–H and O–H groups in total. The van der Waals surface area contributed by atoms with Crippen molar-refractivity contribution in [2.24, 2.45) is 11.1 Å². The lowest BCUT2D eigenvalue weighted by atomic mass is 9.69. The zero-order chi connectivity index (χ0) is 12.4. The molecule has 2 nitrogen and oxygen atoms in total. The van der Waals surface area contributed by atoms with Gasteiger partial charge in [-0.05, 0) is 31.0 Å². The summed E-state index contributed by atoms with van der Waals surface area (Å²) in [6, 6.07) is 7.76. The summed E-state index contributed by atoms with van der Waals surface area (Å²) in [6.07, 6.45) is 0.840. The Morgan fingerprint density at radius 2 is 1.75 bits per heavy atom. The van der Waals surface area contributed by atoms with Gasteiger partial charge >= 0.3 is 0 Å². The van der Waals surface area contributed by atoms with Crippen molar-refractivity contribution in [3.63, 3.8) is 0 Å². The second-order valence-electron chi connectivity index (χ2n) is 4.70. The lowest BCUT2D eigenvalue weighted by molar-refractivity contribution is -0.0646. The fourth-order valence-electron chi connectivity index (χ4n) is 1.81. The minimum Gasteiger partial charge on any atom is -0.385 e. The van der Waals surface area contributed by atoms with Gasteiger partial charge < -0.3 is 10.8 Å². The number of hydrogen-bond acceptors (Lipinski definition) is 2. The van der Waals surface area contributed by atoms with Crippen molar-refractivity contribution in [3.8, 4) is 0 Å². The molecule has 1 aromatic carbocycles. The predicted molar refractivity (Wildman–Crippen MR) is 71.2 cm³/mol. The Morgan fingerprint density at radius 3 is 2.12 bits per heavy atom. The number of rotatable bonds is 4. The SMILES string of the molecule is CCC(C)(CN)C(C)(O)c1ccc(Br)cc1. The fraction of sp³-hybridized carbons (Fsp3) is 0.538. The molecule has 0 aliphatic rings. The summed E-state index contributed by atoms with van der Waals surface area (Å²) in [4.78, 5) is 0. The van der Waals surface area contributed by atoms with Gasteiger partial charge in [0.25, 0.3) is 0 Å². The van der Waals surface area contributed by atoms with E-state index in [2.05, 4.69) is 22.9 Å². The summed E-state index contributed by atoms with van der Waals surface area (Å²) in [7, 11) is 0. The summed E-state index contributed by atoms with van der Waals surface area (Å²) in [5.41, 5.74) is 5.50. The van der Waals surface area contributed by atoms with Gasteiger partial charge in [-0.2, -0.15) is 0 Å². The molecule has 0 saturated heterocycles.